The third-order valence-electron chi connectivity index (χ3n) is 3.04. The number of methoxy groups -OCH3 is 1. The highest BCUT2D eigenvalue weighted by molar-refractivity contribution is 9.10. The maximum Gasteiger partial charge on any atom is 0.237 e. The van der Waals surface area contributed by atoms with E-state index in [0.29, 0.717) is 17.7 Å². The summed E-state index contributed by atoms with van der Waals surface area (Å²) in [6.07, 6.45) is 6.34. The molecule has 1 aromatic heterocycles. The number of halogens is 1. The second-order valence-corrected chi connectivity index (χ2v) is 5.23. The van der Waals surface area contributed by atoms with Crippen LogP contribution in [0, 0.1) is 0 Å². The molecular weight excluding hydrogens is 284 g/mol. The van der Waals surface area contributed by atoms with Gasteiger partial charge in [-0.25, -0.2) is 4.98 Å². The predicted molar refractivity (Wildman–Crippen MR) is 70.0 cm³/mol. The van der Waals surface area contributed by atoms with Crippen molar-refractivity contribution in [3.05, 3.63) is 16.7 Å². The molecule has 1 aliphatic carbocycles. The number of anilines is 1. The Morgan fingerprint density at radius 1 is 1.41 bits per heavy atom. The summed E-state index contributed by atoms with van der Waals surface area (Å²) in [4.78, 5) is 4.19. The van der Waals surface area contributed by atoms with Gasteiger partial charge in [-0.05, 0) is 41.3 Å². The smallest absolute Gasteiger partial charge is 0.237 e. The zero-order valence-electron chi connectivity index (χ0n) is 9.86. The Morgan fingerprint density at radius 3 is 2.88 bits per heavy atom. The van der Waals surface area contributed by atoms with Gasteiger partial charge in [0.15, 0.2) is 0 Å². The Morgan fingerprint density at radius 2 is 2.18 bits per heavy atom. The van der Waals surface area contributed by atoms with Crippen molar-refractivity contribution < 1.29 is 9.47 Å². The molecule has 0 amide bonds. The predicted octanol–water partition coefficient (Wildman–Crippen LogP) is 2.76. The van der Waals surface area contributed by atoms with Crippen LogP contribution in [0.5, 0.6) is 5.88 Å². The molecule has 2 unspecified atom stereocenters. The van der Waals surface area contributed by atoms with E-state index in [2.05, 4.69) is 20.9 Å². The number of nitrogen functional groups attached to an aromatic ring is 1. The third kappa shape index (κ3) is 3.33. The zero-order chi connectivity index (χ0) is 12.3. The molecule has 0 radical (unpaired) electrons. The average molecular weight is 301 g/mol. The van der Waals surface area contributed by atoms with Crippen LogP contribution >= 0.6 is 15.9 Å². The summed E-state index contributed by atoms with van der Waals surface area (Å²) in [5.41, 5.74) is 6.43. The van der Waals surface area contributed by atoms with Crippen molar-refractivity contribution in [1.82, 2.24) is 4.98 Å². The van der Waals surface area contributed by atoms with Crippen LogP contribution in [0.3, 0.4) is 0 Å². The van der Waals surface area contributed by atoms with Crippen molar-refractivity contribution in [1.29, 1.82) is 0 Å². The van der Waals surface area contributed by atoms with Gasteiger partial charge in [0.1, 0.15) is 6.10 Å². The van der Waals surface area contributed by atoms with Crippen LogP contribution < -0.4 is 10.5 Å². The first kappa shape index (κ1) is 12.6. The Bertz CT molecular complexity index is 387. The van der Waals surface area contributed by atoms with Crippen LogP contribution in [0.15, 0.2) is 16.7 Å². The summed E-state index contributed by atoms with van der Waals surface area (Å²) in [5.74, 6) is 0.523. The number of pyridine rings is 1. The maximum atomic E-state index is 5.86. The zero-order valence-corrected chi connectivity index (χ0v) is 11.4. The van der Waals surface area contributed by atoms with Crippen molar-refractivity contribution >= 4 is 21.6 Å². The highest BCUT2D eigenvalue weighted by Gasteiger charge is 2.23. The molecule has 1 aromatic rings. The molecule has 1 heterocycles. The van der Waals surface area contributed by atoms with E-state index in [4.69, 9.17) is 15.2 Å². The van der Waals surface area contributed by atoms with Gasteiger partial charge in [-0.3, -0.25) is 0 Å². The van der Waals surface area contributed by atoms with Crippen LogP contribution in [0.2, 0.25) is 0 Å². The molecule has 1 saturated carbocycles. The van der Waals surface area contributed by atoms with E-state index in [0.717, 1.165) is 30.2 Å². The molecule has 0 aliphatic heterocycles. The van der Waals surface area contributed by atoms with Gasteiger partial charge in [0.2, 0.25) is 5.88 Å². The first-order valence-corrected chi connectivity index (χ1v) is 6.59. The summed E-state index contributed by atoms with van der Waals surface area (Å²) in [7, 11) is 1.75. The Balaban J connectivity index is 2.00. The Hall–Kier alpha value is -0.810. The first-order valence-electron chi connectivity index (χ1n) is 5.79. The lowest BCUT2D eigenvalue weighted by Crippen LogP contribution is -2.29. The van der Waals surface area contributed by atoms with Crippen molar-refractivity contribution in [2.75, 3.05) is 12.8 Å². The molecule has 1 fully saturated rings. The van der Waals surface area contributed by atoms with E-state index in [1.807, 2.05) is 0 Å². The molecule has 0 bridgehead atoms. The fourth-order valence-corrected chi connectivity index (χ4v) is 2.47. The minimum atomic E-state index is 0.157. The van der Waals surface area contributed by atoms with Crippen LogP contribution in [0.1, 0.15) is 25.7 Å². The summed E-state index contributed by atoms with van der Waals surface area (Å²) in [5, 5.41) is 0. The van der Waals surface area contributed by atoms with E-state index < -0.39 is 0 Å². The molecular formula is C12H17BrN2O2. The van der Waals surface area contributed by atoms with Gasteiger partial charge < -0.3 is 15.2 Å². The summed E-state index contributed by atoms with van der Waals surface area (Å²) in [6, 6.07) is 1.80. The van der Waals surface area contributed by atoms with E-state index in [1.54, 1.807) is 19.4 Å². The summed E-state index contributed by atoms with van der Waals surface area (Å²) >= 11 is 3.32. The fourth-order valence-electron chi connectivity index (χ4n) is 2.12. The van der Waals surface area contributed by atoms with Crippen molar-refractivity contribution in [3.63, 3.8) is 0 Å². The highest BCUT2D eigenvalue weighted by Crippen LogP contribution is 2.28. The monoisotopic (exact) mass is 300 g/mol. The van der Waals surface area contributed by atoms with Crippen molar-refractivity contribution in [3.8, 4) is 5.88 Å². The first-order chi connectivity index (χ1) is 8.19. The average Bonchev–Trinajstić information content (AvgIpc) is 2.33. The molecule has 2 atom stereocenters. The van der Waals surface area contributed by atoms with Gasteiger partial charge in [0, 0.05) is 24.2 Å². The lowest BCUT2D eigenvalue weighted by atomic mass is 9.95. The summed E-state index contributed by atoms with van der Waals surface area (Å²) < 4.78 is 12.1. The Labute approximate surface area is 110 Å². The van der Waals surface area contributed by atoms with Crippen LogP contribution in [0.25, 0.3) is 0 Å². The van der Waals surface area contributed by atoms with Crippen molar-refractivity contribution in [2.45, 2.75) is 37.9 Å². The quantitative estimate of drug-likeness (QED) is 0.932. The third-order valence-corrected chi connectivity index (χ3v) is 3.47. The van der Waals surface area contributed by atoms with E-state index in [9.17, 15) is 0 Å². The standard InChI is InChI=1S/C12H17BrN2O2/c1-16-9-3-2-4-10(6-9)17-12-11(14)5-8(13)7-15-12/h5,7,9-10H,2-4,6,14H2,1H3. The normalized spacial score (nSPS) is 24.6. The van der Waals surface area contributed by atoms with E-state index in [-0.39, 0.29) is 6.10 Å². The molecule has 2 rings (SSSR count). The molecule has 2 N–H and O–H groups in total. The van der Waals surface area contributed by atoms with Crippen molar-refractivity contribution in [2.24, 2.45) is 0 Å². The summed E-state index contributed by atoms with van der Waals surface area (Å²) in [6.45, 7) is 0. The van der Waals surface area contributed by atoms with E-state index in [1.165, 1.54) is 0 Å². The molecule has 5 heteroatoms. The molecule has 17 heavy (non-hydrogen) atoms. The van der Waals surface area contributed by atoms with Crippen LogP contribution in [0.4, 0.5) is 5.69 Å². The largest absolute Gasteiger partial charge is 0.473 e. The number of ether oxygens (including phenoxy) is 2. The number of aromatic nitrogens is 1. The van der Waals surface area contributed by atoms with Gasteiger partial charge in [0.25, 0.3) is 0 Å². The second-order valence-electron chi connectivity index (χ2n) is 4.31. The van der Waals surface area contributed by atoms with Crippen LogP contribution in [-0.2, 0) is 4.74 Å². The van der Waals surface area contributed by atoms with E-state index >= 15 is 0 Å². The SMILES string of the molecule is COC1CCCC(Oc2ncc(Br)cc2N)C1. The molecule has 0 spiro atoms. The van der Waals surface area contributed by atoms with Gasteiger partial charge in [-0.1, -0.05) is 0 Å². The topological polar surface area (TPSA) is 57.4 Å². The number of hydrogen-bond donors (Lipinski definition) is 1. The van der Waals surface area contributed by atoms with Gasteiger partial charge in [-0.2, -0.15) is 0 Å². The lowest BCUT2D eigenvalue weighted by molar-refractivity contribution is 0.0198. The molecule has 0 saturated heterocycles. The maximum absolute atomic E-state index is 5.86. The molecule has 1 aliphatic rings. The highest BCUT2D eigenvalue weighted by atomic mass is 79.9. The number of nitrogens with zero attached hydrogens (tertiary/aromatic N) is 1. The minimum Gasteiger partial charge on any atom is -0.473 e. The molecule has 0 aromatic carbocycles. The molecule has 94 valence electrons. The minimum absolute atomic E-state index is 0.157. The van der Waals surface area contributed by atoms with Crippen LogP contribution in [-0.4, -0.2) is 24.3 Å². The van der Waals surface area contributed by atoms with Gasteiger partial charge in [0.05, 0.1) is 11.8 Å². The molecule has 4 nitrogen and oxygen atoms in total. The van der Waals surface area contributed by atoms with Gasteiger partial charge in [-0.15, -0.1) is 0 Å². The Kier molecular flexibility index (Phi) is 4.23. The number of hydrogen-bond acceptors (Lipinski definition) is 4. The number of nitrogens with two attached hydrogens (primary N) is 1. The van der Waals surface area contributed by atoms with Gasteiger partial charge >= 0.3 is 0 Å². The fraction of sp³-hybridized carbons (Fsp3) is 0.583. The lowest BCUT2D eigenvalue weighted by Gasteiger charge is -2.28. The number of rotatable bonds is 3. The second kappa shape index (κ2) is 5.69.